The third-order valence-electron chi connectivity index (χ3n) is 5.87. The number of nitriles is 1. The summed E-state index contributed by atoms with van der Waals surface area (Å²) in [7, 11) is 0. The van der Waals surface area contributed by atoms with Crippen LogP contribution in [0.1, 0.15) is 48.8 Å². The highest BCUT2D eigenvalue weighted by atomic mass is 127. The Morgan fingerprint density at radius 3 is 2.52 bits per heavy atom. The molecule has 2 amide bonds. The molecule has 2 aromatic carbocycles. The van der Waals surface area contributed by atoms with Gasteiger partial charge in [-0.15, -0.1) is 0 Å². The van der Waals surface area contributed by atoms with Crippen LogP contribution in [0.5, 0.6) is 5.75 Å². The lowest BCUT2D eigenvalue weighted by Crippen LogP contribution is -2.34. The van der Waals surface area contributed by atoms with Crippen molar-refractivity contribution in [3.05, 3.63) is 65.1 Å². The van der Waals surface area contributed by atoms with Crippen LogP contribution in [0.3, 0.4) is 0 Å². The summed E-state index contributed by atoms with van der Waals surface area (Å²) in [6.07, 6.45) is 7.61. The van der Waals surface area contributed by atoms with Crippen LogP contribution < -0.4 is 4.74 Å². The van der Waals surface area contributed by atoms with Gasteiger partial charge in [-0.05, 0) is 106 Å². The Labute approximate surface area is 225 Å². The van der Waals surface area contributed by atoms with Gasteiger partial charge >= 0.3 is 0 Å². The summed E-state index contributed by atoms with van der Waals surface area (Å²) in [5.41, 5.74) is 2.29. The molecule has 2 aliphatic rings. The largest absolute Gasteiger partial charge is 0.487 e. The number of imide groups is 1. The number of nitrogens with zero attached hydrogens (tertiary/aromatic N) is 2. The summed E-state index contributed by atoms with van der Waals surface area (Å²) in [5, 5.41) is 9.11. The predicted molar refractivity (Wildman–Crippen MR) is 147 cm³/mol. The van der Waals surface area contributed by atoms with E-state index in [1.165, 1.54) is 24.2 Å². The summed E-state index contributed by atoms with van der Waals surface area (Å²) in [6, 6.07) is 13.5. The fraction of sp³-hybridized carbons (Fsp3) is 0.320. The van der Waals surface area contributed by atoms with Gasteiger partial charge < -0.3 is 4.74 Å². The van der Waals surface area contributed by atoms with Crippen LogP contribution in [-0.2, 0) is 11.4 Å². The molecule has 8 heteroatoms. The molecule has 0 spiro atoms. The zero-order valence-electron chi connectivity index (χ0n) is 17.9. The number of hydrogen-bond acceptors (Lipinski definition) is 5. The molecular weight excluding hydrogens is 662 g/mol. The van der Waals surface area contributed by atoms with Crippen molar-refractivity contribution in [2.45, 2.75) is 38.7 Å². The summed E-state index contributed by atoms with van der Waals surface area (Å²) >= 11 is 5.46. The van der Waals surface area contributed by atoms with Gasteiger partial charge in [0.2, 0.25) is 0 Å². The molecule has 5 nitrogen and oxygen atoms in total. The standard InChI is InChI=1S/C25H22I2N2O3S/c26-20-10-17(11-21(27)23(20)32-15-19-9-5-4-8-18(19)13-28)12-22-24(30)29(25(31)33-22)14-16-6-2-1-3-7-16/h4-5,8-12,16H,1-3,6-7,14-15H2/b22-12+. The minimum absolute atomic E-state index is 0.169. The van der Waals surface area contributed by atoms with Crippen molar-refractivity contribution in [1.29, 1.82) is 5.26 Å². The van der Waals surface area contributed by atoms with Crippen molar-refractivity contribution >= 4 is 74.2 Å². The lowest BCUT2D eigenvalue weighted by molar-refractivity contribution is -0.123. The molecule has 0 N–H and O–H groups in total. The van der Waals surface area contributed by atoms with Crippen LogP contribution >= 0.6 is 56.9 Å². The highest BCUT2D eigenvalue weighted by molar-refractivity contribution is 14.1. The van der Waals surface area contributed by atoms with Crippen molar-refractivity contribution < 1.29 is 14.3 Å². The van der Waals surface area contributed by atoms with Gasteiger partial charge in [0.05, 0.1) is 23.7 Å². The molecule has 4 rings (SSSR count). The van der Waals surface area contributed by atoms with E-state index in [0.29, 0.717) is 29.5 Å². The van der Waals surface area contributed by atoms with Gasteiger partial charge in [0, 0.05) is 12.1 Å². The van der Waals surface area contributed by atoms with Crippen LogP contribution in [0.15, 0.2) is 41.3 Å². The van der Waals surface area contributed by atoms with Crippen molar-refractivity contribution in [2.24, 2.45) is 5.92 Å². The molecule has 0 unspecified atom stereocenters. The number of hydrogen-bond donors (Lipinski definition) is 0. The number of rotatable bonds is 6. The Morgan fingerprint density at radius 1 is 1.12 bits per heavy atom. The molecule has 33 heavy (non-hydrogen) atoms. The fourth-order valence-electron chi connectivity index (χ4n) is 4.14. The molecule has 1 aliphatic carbocycles. The van der Waals surface area contributed by atoms with E-state index in [1.807, 2.05) is 30.3 Å². The van der Waals surface area contributed by atoms with Gasteiger partial charge in [-0.25, -0.2) is 0 Å². The van der Waals surface area contributed by atoms with Gasteiger partial charge in [-0.1, -0.05) is 37.5 Å². The van der Waals surface area contributed by atoms with E-state index in [9.17, 15) is 14.9 Å². The Balaban J connectivity index is 1.48. The second-order valence-electron chi connectivity index (χ2n) is 8.17. The first-order valence-electron chi connectivity index (χ1n) is 10.8. The van der Waals surface area contributed by atoms with E-state index in [-0.39, 0.29) is 11.1 Å². The number of amides is 2. The smallest absolute Gasteiger partial charge is 0.293 e. The van der Waals surface area contributed by atoms with Gasteiger partial charge in [0.1, 0.15) is 12.4 Å². The van der Waals surface area contributed by atoms with Crippen LogP contribution in [0.4, 0.5) is 4.79 Å². The van der Waals surface area contributed by atoms with Gasteiger partial charge in [0.15, 0.2) is 0 Å². The van der Waals surface area contributed by atoms with Gasteiger partial charge in [0.25, 0.3) is 11.1 Å². The number of carbonyl (C=O) groups is 2. The Kier molecular flexibility index (Phi) is 8.35. The third kappa shape index (κ3) is 5.92. The lowest BCUT2D eigenvalue weighted by Gasteiger charge is -2.25. The van der Waals surface area contributed by atoms with Crippen molar-refractivity contribution in [3.8, 4) is 11.8 Å². The lowest BCUT2D eigenvalue weighted by atomic mass is 9.89. The molecule has 2 fully saturated rings. The first-order chi connectivity index (χ1) is 16.0. The Bertz CT molecular complexity index is 1130. The quantitative estimate of drug-likeness (QED) is 0.243. The molecule has 1 saturated heterocycles. The number of carbonyl (C=O) groups excluding carboxylic acids is 2. The maximum absolute atomic E-state index is 12.9. The van der Waals surface area contributed by atoms with E-state index in [0.717, 1.165) is 48.6 Å². The van der Waals surface area contributed by atoms with E-state index in [4.69, 9.17) is 4.74 Å². The summed E-state index contributed by atoms with van der Waals surface area (Å²) < 4.78 is 7.85. The SMILES string of the molecule is N#Cc1ccccc1COc1c(I)cc(/C=C2/SC(=O)N(CC3CCCCC3)C2=O)cc1I. The van der Waals surface area contributed by atoms with E-state index in [2.05, 4.69) is 51.3 Å². The second-order valence-corrected chi connectivity index (χ2v) is 11.5. The molecule has 1 heterocycles. The van der Waals surface area contributed by atoms with Crippen LogP contribution in [-0.4, -0.2) is 22.6 Å². The highest BCUT2D eigenvalue weighted by Crippen LogP contribution is 2.36. The van der Waals surface area contributed by atoms with Crippen LogP contribution in [0, 0.1) is 24.4 Å². The number of ether oxygens (including phenoxy) is 1. The molecule has 0 bridgehead atoms. The Morgan fingerprint density at radius 2 is 1.82 bits per heavy atom. The minimum Gasteiger partial charge on any atom is -0.487 e. The minimum atomic E-state index is -0.186. The normalized spacial score (nSPS) is 18.1. The number of thioether (sulfide) groups is 1. The molecular formula is C25H22I2N2O3S. The van der Waals surface area contributed by atoms with Crippen LogP contribution in [0.25, 0.3) is 6.08 Å². The Hall–Kier alpha value is -1.58. The average Bonchev–Trinajstić information content (AvgIpc) is 3.06. The zero-order valence-corrected chi connectivity index (χ0v) is 23.0. The second kappa shape index (κ2) is 11.2. The maximum Gasteiger partial charge on any atom is 0.293 e. The number of halogens is 2. The summed E-state index contributed by atoms with van der Waals surface area (Å²) in [4.78, 5) is 27.3. The van der Waals surface area contributed by atoms with Gasteiger partial charge in [-0.2, -0.15) is 5.26 Å². The molecule has 0 atom stereocenters. The molecule has 170 valence electrons. The molecule has 0 radical (unpaired) electrons. The molecule has 1 aliphatic heterocycles. The highest BCUT2D eigenvalue weighted by Gasteiger charge is 2.36. The van der Waals surface area contributed by atoms with Gasteiger partial charge in [-0.3, -0.25) is 14.5 Å². The molecule has 0 aromatic heterocycles. The average molecular weight is 684 g/mol. The monoisotopic (exact) mass is 684 g/mol. The van der Waals surface area contributed by atoms with Crippen molar-refractivity contribution in [3.63, 3.8) is 0 Å². The topological polar surface area (TPSA) is 70.4 Å². The summed E-state index contributed by atoms with van der Waals surface area (Å²) in [6.45, 7) is 0.836. The zero-order chi connectivity index (χ0) is 23.4. The third-order valence-corrected chi connectivity index (χ3v) is 8.38. The van der Waals surface area contributed by atoms with E-state index >= 15 is 0 Å². The fourth-order valence-corrected chi connectivity index (χ4v) is 7.12. The first kappa shape index (κ1) is 24.5. The summed E-state index contributed by atoms with van der Waals surface area (Å²) in [5.74, 6) is 0.983. The number of benzene rings is 2. The van der Waals surface area contributed by atoms with Crippen LogP contribution in [0.2, 0.25) is 0 Å². The predicted octanol–water partition coefficient (Wildman–Crippen LogP) is 6.96. The molecule has 2 aromatic rings. The molecule has 1 saturated carbocycles. The first-order valence-corrected chi connectivity index (χ1v) is 13.8. The van der Waals surface area contributed by atoms with E-state index < -0.39 is 0 Å². The van der Waals surface area contributed by atoms with Crippen molar-refractivity contribution in [1.82, 2.24) is 4.90 Å². The van der Waals surface area contributed by atoms with Crippen molar-refractivity contribution in [2.75, 3.05) is 6.54 Å². The van der Waals surface area contributed by atoms with E-state index in [1.54, 1.807) is 12.1 Å². The maximum atomic E-state index is 12.9.